The summed E-state index contributed by atoms with van der Waals surface area (Å²) in [5.74, 6) is 0.427. The summed E-state index contributed by atoms with van der Waals surface area (Å²) >= 11 is 0. The second-order valence-corrected chi connectivity index (χ2v) is 7.14. The molecule has 0 saturated carbocycles. The molecular weight excluding hydrogens is 288 g/mol. The first kappa shape index (κ1) is 16.3. The zero-order chi connectivity index (χ0) is 15.3. The highest BCUT2D eigenvalue weighted by atomic mass is 32.2. The van der Waals surface area contributed by atoms with Gasteiger partial charge in [-0.1, -0.05) is 19.4 Å². The molecule has 1 fully saturated rings. The number of nitrogens with one attached hydrogen (secondary N) is 1. The summed E-state index contributed by atoms with van der Waals surface area (Å²) < 4.78 is 32.3. The average Bonchev–Trinajstić information content (AvgIpc) is 2.53. The third kappa shape index (κ3) is 3.75. The van der Waals surface area contributed by atoms with E-state index in [9.17, 15) is 8.42 Å². The van der Waals surface area contributed by atoms with Crippen LogP contribution in [-0.4, -0.2) is 39.5 Å². The molecule has 0 unspecified atom stereocenters. The van der Waals surface area contributed by atoms with E-state index in [1.165, 1.54) is 7.11 Å². The van der Waals surface area contributed by atoms with Crippen molar-refractivity contribution in [3.05, 3.63) is 23.8 Å². The Morgan fingerprint density at radius 3 is 2.57 bits per heavy atom. The highest BCUT2D eigenvalue weighted by Gasteiger charge is 2.28. The molecular formula is C15H24N2O3S. The molecule has 1 N–H and O–H groups in total. The molecule has 0 spiro atoms. The van der Waals surface area contributed by atoms with Gasteiger partial charge in [0.05, 0.1) is 7.11 Å². The van der Waals surface area contributed by atoms with Gasteiger partial charge < -0.3 is 10.1 Å². The smallest absolute Gasteiger partial charge is 0.246 e. The fourth-order valence-electron chi connectivity index (χ4n) is 2.55. The van der Waals surface area contributed by atoms with Gasteiger partial charge in [-0.05, 0) is 37.1 Å². The van der Waals surface area contributed by atoms with E-state index in [0.717, 1.165) is 31.4 Å². The lowest BCUT2D eigenvalue weighted by atomic mass is 10.2. The molecule has 2 rings (SSSR count). The number of hydrogen-bond donors (Lipinski definition) is 1. The van der Waals surface area contributed by atoms with Crippen molar-refractivity contribution in [1.29, 1.82) is 0 Å². The number of sulfonamides is 1. The maximum atomic E-state index is 12.7. The van der Waals surface area contributed by atoms with Gasteiger partial charge in [-0.3, -0.25) is 0 Å². The molecule has 5 nitrogen and oxygen atoms in total. The highest BCUT2D eigenvalue weighted by Crippen LogP contribution is 2.29. The van der Waals surface area contributed by atoms with Crippen molar-refractivity contribution in [2.45, 2.75) is 37.6 Å². The first-order chi connectivity index (χ1) is 10.1. The molecule has 1 saturated heterocycles. The SMILES string of the molecule is CCNCc1ccc(S(=O)(=O)N2CCCCC2)c(OC)c1. The van der Waals surface area contributed by atoms with E-state index in [2.05, 4.69) is 5.32 Å². The number of nitrogens with zero attached hydrogens (tertiary/aromatic N) is 1. The van der Waals surface area contributed by atoms with E-state index in [1.807, 2.05) is 13.0 Å². The summed E-state index contributed by atoms with van der Waals surface area (Å²) in [5.41, 5.74) is 1.02. The summed E-state index contributed by atoms with van der Waals surface area (Å²) in [6.07, 6.45) is 2.96. The van der Waals surface area contributed by atoms with Crippen molar-refractivity contribution in [1.82, 2.24) is 9.62 Å². The van der Waals surface area contributed by atoms with Crippen LogP contribution in [0.25, 0.3) is 0 Å². The Bertz CT molecular complexity index is 566. The Morgan fingerprint density at radius 2 is 1.95 bits per heavy atom. The second kappa shape index (κ2) is 7.24. The first-order valence-corrected chi connectivity index (χ1v) is 8.91. The number of benzene rings is 1. The molecule has 1 aliphatic heterocycles. The Labute approximate surface area is 127 Å². The van der Waals surface area contributed by atoms with Crippen molar-refractivity contribution < 1.29 is 13.2 Å². The molecule has 0 aliphatic carbocycles. The third-order valence-electron chi connectivity index (χ3n) is 3.74. The van der Waals surface area contributed by atoms with Crippen molar-refractivity contribution in [3.63, 3.8) is 0 Å². The van der Waals surface area contributed by atoms with Crippen LogP contribution in [0.5, 0.6) is 5.75 Å². The fourth-order valence-corrected chi connectivity index (χ4v) is 4.20. The number of methoxy groups -OCH3 is 1. The maximum absolute atomic E-state index is 12.7. The molecule has 0 aromatic heterocycles. The van der Waals surface area contributed by atoms with Crippen LogP contribution in [0.1, 0.15) is 31.7 Å². The molecule has 0 amide bonds. The normalized spacial score (nSPS) is 16.9. The molecule has 118 valence electrons. The maximum Gasteiger partial charge on any atom is 0.246 e. The van der Waals surface area contributed by atoms with Gasteiger partial charge >= 0.3 is 0 Å². The predicted molar refractivity (Wildman–Crippen MR) is 83.0 cm³/mol. The topological polar surface area (TPSA) is 58.6 Å². The zero-order valence-corrected chi connectivity index (χ0v) is 13.6. The van der Waals surface area contributed by atoms with Gasteiger partial charge in [-0.15, -0.1) is 0 Å². The Kier molecular flexibility index (Phi) is 5.61. The van der Waals surface area contributed by atoms with Gasteiger partial charge in [0, 0.05) is 19.6 Å². The Morgan fingerprint density at radius 1 is 1.24 bits per heavy atom. The minimum absolute atomic E-state index is 0.271. The van der Waals surface area contributed by atoms with Crippen molar-refractivity contribution in [3.8, 4) is 5.75 Å². The molecule has 1 aliphatic rings. The molecule has 0 atom stereocenters. The lowest BCUT2D eigenvalue weighted by molar-refractivity contribution is 0.342. The molecule has 6 heteroatoms. The summed E-state index contributed by atoms with van der Waals surface area (Å²) in [4.78, 5) is 0.271. The highest BCUT2D eigenvalue weighted by molar-refractivity contribution is 7.89. The third-order valence-corrected chi connectivity index (χ3v) is 5.68. The number of rotatable bonds is 6. The first-order valence-electron chi connectivity index (χ1n) is 7.47. The van der Waals surface area contributed by atoms with Crippen molar-refractivity contribution in [2.75, 3.05) is 26.7 Å². The van der Waals surface area contributed by atoms with Crippen LogP contribution in [-0.2, 0) is 16.6 Å². The van der Waals surface area contributed by atoms with E-state index in [-0.39, 0.29) is 4.90 Å². The fraction of sp³-hybridized carbons (Fsp3) is 0.600. The van der Waals surface area contributed by atoms with Crippen LogP contribution in [0, 0.1) is 0 Å². The lowest BCUT2D eigenvalue weighted by Crippen LogP contribution is -2.35. The molecule has 1 heterocycles. The van der Waals surface area contributed by atoms with Gasteiger partial charge in [0.2, 0.25) is 10.0 Å². The van der Waals surface area contributed by atoms with Gasteiger partial charge in [-0.25, -0.2) is 8.42 Å². The van der Waals surface area contributed by atoms with E-state index in [0.29, 0.717) is 25.4 Å². The van der Waals surface area contributed by atoms with Crippen LogP contribution in [0.4, 0.5) is 0 Å². The molecule has 21 heavy (non-hydrogen) atoms. The van der Waals surface area contributed by atoms with Gasteiger partial charge in [-0.2, -0.15) is 4.31 Å². The quantitative estimate of drug-likeness (QED) is 0.872. The van der Waals surface area contributed by atoms with Crippen LogP contribution in [0.2, 0.25) is 0 Å². The molecule has 1 aromatic rings. The Balaban J connectivity index is 2.29. The molecule has 1 aromatic carbocycles. The van der Waals surface area contributed by atoms with Gasteiger partial charge in [0.25, 0.3) is 0 Å². The van der Waals surface area contributed by atoms with Crippen LogP contribution in [0.15, 0.2) is 23.1 Å². The van der Waals surface area contributed by atoms with Crippen molar-refractivity contribution >= 4 is 10.0 Å². The standard InChI is InChI=1S/C15H24N2O3S/c1-3-16-12-13-7-8-15(14(11-13)20-2)21(18,19)17-9-5-4-6-10-17/h7-8,11,16H,3-6,9-10,12H2,1-2H3. The van der Waals surface area contributed by atoms with E-state index in [1.54, 1.807) is 16.4 Å². The summed E-state index contributed by atoms with van der Waals surface area (Å²) in [5, 5.41) is 3.22. The second-order valence-electron chi connectivity index (χ2n) is 5.23. The van der Waals surface area contributed by atoms with E-state index in [4.69, 9.17) is 4.74 Å². The number of ether oxygens (including phenoxy) is 1. The van der Waals surface area contributed by atoms with Gasteiger partial charge in [0.15, 0.2) is 0 Å². The summed E-state index contributed by atoms with van der Waals surface area (Å²) in [6.45, 7) is 4.81. The summed E-state index contributed by atoms with van der Waals surface area (Å²) in [6, 6.07) is 5.32. The number of hydrogen-bond acceptors (Lipinski definition) is 4. The zero-order valence-electron chi connectivity index (χ0n) is 12.8. The van der Waals surface area contributed by atoms with E-state index >= 15 is 0 Å². The molecule has 0 bridgehead atoms. The predicted octanol–water partition coefficient (Wildman–Crippen LogP) is 1.98. The minimum atomic E-state index is -3.45. The number of piperidine rings is 1. The van der Waals surface area contributed by atoms with E-state index < -0.39 is 10.0 Å². The van der Waals surface area contributed by atoms with Crippen LogP contribution >= 0.6 is 0 Å². The monoisotopic (exact) mass is 312 g/mol. The van der Waals surface area contributed by atoms with Crippen LogP contribution < -0.4 is 10.1 Å². The Hall–Kier alpha value is -1.11. The van der Waals surface area contributed by atoms with Crippen molar-refractivity contribution in [2.24, 2.45) is 0 Å². The van der Waals surface area contributed by atoms with Crippen LogP contribution in [0.3, 0.4) is 0 Å². The minimum Gasteiger partial charge on any atom is -0.495 e. The largest absolute Gasteiger partial charge is 0.495 e. The molecule has 0 radical (unpaired) electrons. The van der Waals surface area contributed by atoms with Gasteiger partial charge in [0.1, 0.15) is 10.6 Å². The average molecular weight is 312 g/mol. The lowest BCUT2D eigenvalue weighted by Gasteiger charge is -2.26. The summed E-state index contributed by atoms with van der Waals surface area (Å²) in [7, 11) is -1.94.